The van der Waals surface area contributed by atoms with Crippen LogP contribution in [0.5, 0.6) is 11.5 Å². The van der Waals surface area contributed by atoms with E-state index in [1.807, 2.05) is 25.1 Å². The molecule has 0 unspecified atom stereocenters. The minimum Gasteiger partial charge on any atom is -0.497 e. The van der Waals surface area contributed by atoms with Gasteiger partial charge in [0.15, 0.2) is 0 Å². The highest BCUT2D eigenvalue weighted by Crippen LogP contribution is 2.25. The second kappa shape index (κ2) is 8.87. The Hall–Kier alpha value is -1.15. The summed E-state index contributed by atoms with van der Waals surface area (Å²) in [6.45, 7) is 4.75. The van der Waals surface area contributed by atoms with Gasteiger partial charge in [-0.2, -0.15) is 0 Å². The van der Waals surface area contributed by atoms with Gasteiger partial charge >= 0.3 is 0 Å². The van der Waals surface area contributed by atoms with Gasteiger partial charge in [0.25, 0.3) is 0 Å². The molecule has 0 aliphatic rings. The number of aryl methyl sites for hydroxylation is 1. The topological polar surface area (TPSA) is 18.5 Å². The van der Waals surface area contributed by atoms with Crippen molar-refractivity contribution in [2.45, 2.75) is 33.1 Å². The molecule has 0 saturated carbocycles. The van der Waals surface area contributed by atoms with Crippen molar-refractivity contribution in [3.63, 3.8) is 0 Å². The molecule has 19 heavy (non-hydrogen) atoms. The zero-order valence-electron chi connectivity index (χ0n) is 12.0. The van der Waals surface area contributed by atoms with Gasteiger partial charge in [-0.1, -0.05) is 18.9 Å². The summed E-state index contributed by atoms with van der Waals surface area (Å²) < 4.78 is 11.1. The van der Waals surface area contributed by atoms with E-state index >= 15 is 0 Å². The maximum absolute atomic E-state index is 5.82. The van der Waals surface area contributed by atoms with Crippen molar-refractivity contribution in [3.8, 4) is 11.5 Å². The van der Waals surface area contributed by atoms with Crippen molar-refractivity contribution < 1.29 is 9.47 Å². The number of ether oxygens (including phenoxy) is 2. The third-order valence-corrected chi connectivity index (χ3v) is 3.37. The summed E-state index contributed by atoms with van der Waals surface area (Å²) in [6.07, 6.45) is 5.35. The molecule has 1 aromatic rings. The Morgan fingerprint density at radius 2 is 2.16 bits per heavy atom. The molecule has 3 heteroatoms. The molecular formula is C16H23ClO2. The summed E-state index contributed by atoms with van der Waals surface area (Å²) in [4.78, 5) is 0. The lowest BCUT2D eigenvalue weighted by molar-refractivity contribution is 0.355. The molecule has 0 spiro atoms. The number of rotatable bonds is 8. The Bertz CT molecular complexity index is 413. The van der Waals surface area contributed by atoms with Crippen molar-refractivity contribution in [3.05, 3.63) is 35.4 Å². The Balaban J connectivity index is 2.74. The minimum absolute atomic E-state index is 0.550. The number of hydrogen-bond donors (Lipinski definition) is 0. The summed E-state index contributed by atoms with van der Waals surface area (Å²) in [5.74, 6) is 2.37. The Morgan fingerprint density at radius 1 is 1.37 bits per heavy atom. The van der Waals surface area contributed by atoms with Gasteiger partial charge in [0.1, 0.15) is 18.1 Å². The van der Waals surface area contributed by atoms with Crippen molar-refractivity contribution >= 4 is 11.6 Å². The van der Waals surface area contributed by atoms with Gasteiger partial charge < -0.3 is 9.47 Å². The molecular weight excluding hydrogens is 260 g/mol. The zero-order valence-corrected chi connectivity index (χ0v) is 12.8. The number of methoxy groups -OCH3 is 1. The third kappa shape index (κ3) is 5.56. The lowest BCUT2D eigenvalue weighted by atomic mass is 10.1. The molecule has 0 saturated heterocycles. The van der Waals surface area contributed by atoms with E-state index in [9.17, 15) is 0 Å². The maximum Gasteiger partial charge on any atom is 0.123 e. The summed E-state index contributed by atoms with van der Waals surface area (Å²) in [5.41, 5.74) is 2.34. The third-order valence-electron chi connectivity index (χ3n) is 2.95. The lowest BCUT2D eigenvalue weighted by Gasteiger charge is -2.12. The van der Waals surface area contributed by atoms with Gasteiger partial charge in [0.05, 0.1) is 7.11 Å². The monoisotopic (exact) mass is 282 g/mol. The highest BCUT2D eigenvalue weighted by molar-refractivity contribution is 6.19. The molecule has 0 aliphatic carbocycles. The number of alkyl halides is 1. The van der Waals surface area contributed by atoms with Gasteiger partial charge in [-0.05, 0) is 49.6 Å². The van der Waals surface area contributed by atoms with Crippen molar-refractivity contribution in [2.75, 3.05) is 19.6 Å². The molecule has 0 amide bonds. The fraction of sp³-hybridized carbons (Fsp3) is 0.500. The number of hydrogen-bond acceptors (Lipinski definition) is 2. The molecule has 0 atom stereocenters. The van der Waals surface area contributed by atoms with E-state index in [-0.39, 0.29) is 0 Å². The smallest absolute Gasteiger partial charge is 0.123 e. The highest BCUT2D eigenvalue weighted by atomic mass is 35.5. The summed E-state index contributed by atoms with van der Waals surface area (Å²) in [7, 11) is 1.69. The predicted octanol–water partition coefficient (Wildman–Crippen LogP) is 4.60. The molecule has 0 fully saturated rings. The van der Waals surface area contributed by atoms with Gasteiger partial charge in [-0.15, -0.1) is 11.6 Å². The SMILES string of the molecule is CCCCc1cc(OC)ccc1OCC=C(C)CCl. The molecule has 0 N–H and O–H groups in total. The van der Waals surface area contributed by atoms with E-state index in [0.717, 1.165) is 29.9 Å². The molecule has 0 heterocycles. The number of allylic oxidation sites excluding steroid dienone is 1. The van der Waals surface area contributed by atoms with Crippen LogP contribution in [0.1, 0.15) is 32.3 Å². The van der Waals surface area contributed by atoms with Gasteiger partial charge in [-0.3, -0.25) is 0 Å². The van der Waals surface area contributed by atoms with Crippen molar-refractivity contribution in [2.24, 2.45) is 0 Å². The van der Waals surface area contributed by atoms with E-state index in [4.69, 9.17) is 21.1 Å². The van der Waals surface area contributed by atoms with Crippen molar-refractivity contribution in [1.82, 2.24) is 0 Å². The first-order chi connectivity index (χ1) is 9.21. The molecule has 1 aromatic carbocycles. The van der Waals surface area contributed by atoms with Gasteiger partial charge in [0, 0.05) is 5.88 Å². The first-order valence-corrected chi connectivity index (χ1v) is 7.26. The lowest BCUT2D eigenvalue weighted by Crippen LogP contribution is -2.00. The Morgan fingerprint density at radius 3 is 2.79 bits per heavy atom. The van der Waals surface area contributed by atoms with E-state index < -0.39 is 0 Å². The van der Waals surface area contributed by atoms with Crippen LogP contribution in [0, 0.1) is 0 Å². The van der Waals surface area contributed by atoms with E-state index in [0.29, 0.717) is 12.5 Å². The van der Waals surface area contributed by atoms with Gasteiger partial charge in [-0.25, -0.2) is 0 Å². The standard InChI is InChI=1S/C16H23ClO2/c1-4-5-6-14-11-15(18-3)7-8-16(14)19-10-9-13(2)12-17/h7-9,11H,4-6,10,12H2,1-3H3. The molecule has 106 valence electrons. The first kappa shape index (κ1) is 15.9. The van der Waals surface area contributed by atoms with Crippen LogP contribution < -0.4 is 9.47 Å². The predicted molar refractivity (Wildman–Crippen MR) is 81.6 cm³/mol. The van der Waals surface area contributed by atoms with Crippen LogP contribution in [0.15, 0.2) is 29.8 Å². The Kier molecular flexibility index (Phi) is 7.42. The van der Waals surface area contributed by atoms with Gasteiger partial charge in [0.2, 0.25) is 0 Å². The molecule has 1 rings (SSSR count). The Labute approximate surface area is 121 Å². The largest absolute Gasteiger partial charge is 0.497 e. The molecule has 0 radical (unpaired) electrons. The van der Waals surface area contributed by atoms with Crippen LogP contribution in [0.3, 0.4) is 0 Å². The number of halogens is 1. The normalized spacial score (nSPS) is 11.5. The number of benzene rings is 1. The van der Waals surface area contributed by atoms with E-state index in [2.05, 4.69) is 13.0 Å². The van der Waals surface area contributed by atoms with E-state index in [1.165, 1.54) is 12.0 Å². The number of unbranched alkanes of at least 4 members (excludes halogenated alkanes) is 1. The van der Waals surface area contributed by atoms with E-state index in [1.54, 1.807) is 7.11 Å². The zero-order chi connectivity index (χ0) is 14.1. The average Bonchev–Trinajstić information content (AvgIpc) is 2.45. The molecule has 2 nitrogen and oxygen atoms in total. The fourth-order valence-electron chi connectivity index (χ4n) is 1.71. The molecule has 0 bridgehead atoms. The second-order valence-electron chi connectivity index (χ2n) is 4.57. The van der Waals surface area contributed by atoms with Crippen LogP contribution in [0.25, 0.3) is 0 Å². The van der Waals surface area contributed by atoms with Crippen molar-refractivity contribution in [1.29, 1.82) is 0 Å². The molecule has 0 aromatic heterocycles. The molecule has 0 aliphatic heterocycles. The van der Waals surface area contributed by atoms with Crippen LogP contribution in [-0.4, -0.2) is 19.6 Å². The quantitative estimate of drug-likeness (QED) is 0.512. The minimum atomic E-state index is 0.550. The fourth-order valence-corrected chi connectivity index (χ4v) is 1.82. The van der Waals surface area contributed by atoms with Crippen LogP contribution >= 0.6 is 11.6 Å². The summed E-state index contributed by atoms with van der Waals surface area (Å²) >= 11 is 5.73. The van der Waals surface area contributed by atoms with Crippen LogP contribution in [0.2, 0.25) is 0 Å². The average molecular weight is 283 g/mol. The summed E-state index contributed by atoms with van der Waals surface area (Å²) in [5, 5.41) is 0. The van der Waals surface area contributed by atoms with Crippen LogP contribution in [-0.2, 0) is 6.42 Å². The first-order valence-electron chi connectivity index (χ1n) is 6.72. The summed E-state index contributed by atoms with van der Waals surface area (Å²) in [6, 6.07) is 5.97. The van der Waals surface area contributed by atoms with Crippen LogP contribution in [0.4, 0.5) is 0 Å². The second-order valence-corrected chi connectivity index (χ2v) is 4.84. The maximum atomic E-state index is 5.82. The highest BCUT2D eigenvalue weighted by Gasteiger charge is 2.05.